The summed E-state index contributed by atoms with van der Waals surface area (Å²) >= 11 is 0. The molecular formula is C26H14F4N4. The van der Waals surface area contributed by atoms with E-state index in [0.29, 0.717) is 33.4 Å². The molecule has 0 amide bonds. The standard InChI is InChI=1S/C26H14F4N4/c27-21-9-19(10-22(28)13-21)15-1-5-17(6-2-15)25-31-33-26(34-32-25)18-7-3-16(4-8-18)20-11-23(29)14-24(30)12-20/h1-14H. The number of hydrogen-bond acceptors (Lipinski definition) is 4. The van der Waals surface area contributed by atoms with Gasteiger partial charge < -0.3 is 0 Å². The molecule has 0 aliphatic heterocycles. The van der Waals surface area contributed by atoms with Crippen LogP contribution in [0.15, 0.2) is 84.9 Å². The van der Waals surface area contributed by atoms with Gasteiger partial charge in [-0.1, -0.05) is 48.5 Å². The molecule has 0 radical (unpaired) electrons. The first-order valence-electron chi connectivity index (χ1n) is 10.2. The molecule has 0 atom stereocenters. The van der Waals surface area contributed by atoms with Crippen LogP contribution in [0.4, 0.5) is 17.6 Å². The van der Waals surface area contributed by atoms with Crippen LogP contribution in [-0.2, 0) is 0 Å². The number of halogens is 4. The Morgan fingerprint density at radius 2 is 0.588 bits per heavy atom. The quantitative estimate of drug-likeness (QED) is 0.289. The molecule has 1 aromatic heterocycles. The Bertz CT molecular complexity index is 1310. The van der Waals surface area contributed by atoms with E-state index in [0.717, 1.165) is 12.1 Å². The summed E-state index contributed by atoms with van der Waals surface area (Å²) in [6, 6.07) is 20.3. The van der Waals surface area contributed by atoms with Gasteiger partial charge in [-0.15, -0.1) is 20.4 Å². The van der Waals surface area contributed by atoms with E-state index in [1.54, 1.807) is 48.5 Å². The highest BCUT2D eigenvalue weighted by atomic mass is 19.1. The van der Waals surface area contributed by atoms with Gasteiger partial charge in [-0.2, -0.15) is 0 Å². The lowest BCUT2D eigenvalue weighted by molar-refractivity contribution is 0.583. The molecular weight excluding hydrogens is 444 g/mol. The Morgan fingerprint density at radius 1 is 0.324 bits per heavy atom. The third kappa shape index (κ3) is 4.52. The van der Waals surface area contributed by atoms with Crippen molar-refractivity contribution in [3.63, 3.8) is 0 Å². The monoisotopic (exact) mass is 458 g/mol. The number of hydrogen-bond donors (Lipinski definition) is 0. The lowest BCUT2D eigenvalue weighted by Crippen LogP contribution is -1.99. The van der Waals surface area contributed by atoms with Gasteiger partial charge in [0.1, 0.15) is 23.3 Å². The molecule has 34 heavy (non-hydrogen) atoms. The second-order valence-electron chi connectivity index (χ2n) is 7.52. The first-order valence-corrected chi connectivity index (χ1v) is 10.2. The largest absolute Gasteiger partial charge is 0.207 e. The Morgan fingerprint density at radius 3 is 0.882 bits per heavy atom. The van der Waals surface area contributed by atoms with Gasteiger partial charge in [-0.25, -0.2) is 17.6 Å². The van der Waals surface area contributed by atoms with E-state index >= 15 is 0 Å². The van der Waals surface area contributed by atoms with E-state index in [9.17, 15) is 17.6 Å². The fourth-order valence-corrected chi connectivity index (χ4v) is 3.52. The minimum Gasteiger partial charge on any atom is -0.207 e. The van der Waals surface area contributed by atoms with Crippen molar-refractivity contribution in [3.05, 3.63) is 108 Å². The molecule has 0 saturated carbocycles. The van der Waals surface area contributed by atoms with Crippen molar-refractivity contribution in [1.29, 1.82) is 0 Å². The van der Waals surface area contributed by atoms with Crippen molar-refractivity contribution >= 4 is 0 Å². The molecule has 0 N–H and O–H groups in total. The zero-order valence-electron chi connectivity index (χ0n) is 17.4. The van der Waals surface area contributed by atoms with Gasteiger partial charge in [0.05, 0.1) is 0 Å². The summed E-state index contributed by atoms with van der Waals surface area (Å²) in [5.41, 5.74) is 3.38. The summed E-state index contributed by atoms with van der Waals surface area (Å²) in [4.78, 5) is 0. The van der Waals surface area contributed by atoms with E-state index in [2.05, 4.69) is 20.4 Å². The lowest BCUT2D eigenvalue weighted by atomic mass is 10.0. The maximum Gasteiger partial charge on any atom is 0.203 e. The second-order valence-corrected chi connectivity index (χ2v) is 7.52. The predicted molar refractivity (Wildman–Crippen MR) is 119 cm³/mol. The Labute approximate surface area is 191 Å². The topological polar surface area (TPSA) is 51.6 Å². The van der Waals surface area contributed by atoms with Crippen LogP contribution in [0.25, 0.3) is 45.0 Å². The molecule has 8 heteroatoms. The summed E-state index contributed by atoms with van der Waals surface area (Å²) < 4.78 is 53.9. The zero-order chi connectivity index (χ0) is 23.7. The van der Waals surface area contributed by atoms with Crippen molar-refractivity contribution in [3.8, 4) is 45.0 Å². The highest BCUT2D eigenvalue weighted by Crippen LogP contribution is 2.26. The Hall–Kier alpha value is -4.46. The van der Waals surface area contributed by atoms with Crippen molar-refractivity contribution in [1.82, 2.24) is 20.4 Å². The van der Waals surface area contributed by atoms with Gasteiger partial charge in [0.15, 0.2) is 0 Å². The fourth-order valence-electron chi connectivity index (χ4n) is 3.52. The number of nitrogens with zero attached hydrogens (tertiary/aromatic N) is 4. The van der Waals surface area contributed by atoms with Gasteiger partial charge in [-0.3, -0.25) is 0 Å². The molecule has 0 saturated heterocycles. The maximum atomic E-state index is 13.5. The highest BCUT2D eigenvalue weighted by molar-refractivity contribution is 5.69. The van der Waals surface area contributed by atoms with Crippen LogP contribution in [0.5, 0.6) is 0 Å². The minimum absolute atomic E-state index is 0.285. The normalized spacial score (nSPS) is 10.9. The second kappa shape index (κ2) is 8.82. The van der Waals surface area contributed by atoms with Crippen molar-refractivity contribution in [2.75, 3.05) is 0 Å². The molecule has 4 nitrogen and oxygen atoms in total. The van der Waals surface area contributed by atoms with Crippen LogP contribution in [0.2, 0.25) is 0 Å². The third-order valence-corrected chi connectivity index (χ3v) is 5.16. The van der Waals surface area contributed by atoms with E-state index < -0.39 is 23.3 Å². The number of rotatable bonds is 4. The Balaban J connectivity index is 1.35. The van der Waals surface area contributed by atoms with Crippen LogP contribution in [-0.4, -0.2) is 20.4 Å². The van der Waals surface area contributed by atoms with Gasteiger partial charge in [0, 0.05) is 23.3 Å². The smallest absolute Gasteiger partial charge is 0.203 e. The summed E-state index contributed by atoms with van der Waals surface area (Å²) in [7, 11) is 0. The third-order valence-electron chi connectivity index (χ3n) is 5.16. The van der Waals surface area contributed by atoms with E-state index in [-0.39, 0.29) is 11.6 Å². The molecule has 4 aromatic carbocycles. The van der Waals surface area contributed by atoms with E-state index in [4.69, 9.17) is 0 Å². The van der Waals surface area contributed by atoms with Crippen LogP contribution in [0.1, 0.15) is 0 Å². The molecule has 166 valence electrons. The van der Waals surface area contributed by atoms with Crippen molar-refractivity contribution in [2.24, 2.45) is 0 Å². The zero-order valence-corrected chi connectivity index (χ0v) is 17.4. The van der Waals surface area contributed by atoms with E-state index in [1.807, 2.05) is 0 Å². The molecule has 5 rings (SSSR count). The van der Waals surface area contributed by atoms with Crippen LogP contribution >= 0.6 is 0 Å². The van der Waals surface area contributed by atoms with Gasteiger partial charge in [-0.05, 0) is 46.5 Å². The molecule has 0 spiro atoms. The molecule has 0 unspecified atom stereocenters. The number of benzene rings is 4. The van der Waals surface area contributed by atoms with Gasteiger partial charge in [0.25, 0.3) is 0 Å². The fraction of sp³-hybridized carbons (Fsp3) is 0. The van der Waals surface area contributed by atoms with Crippen LogP contribution < -0.4 is 0 Å². The minimum atomic E-state index is -0.650. The summed E-state index contributed by atoms with van der Waals surface area (Å²) in [6.45, 7) is 0. The summed E-state index contributed by atoms with van der Waals surface area (Å²) in [5, 5.41) is 16.5. The molecule has 0 bridgehead atoms. The van der Waals surface area contributed by atoms with Gasteiger partial charge >= 0.3 is 0 Å². The maximum absolute atomic E-state index is 13.5. The van der Waals surface area contributed by atoms with E-state index in [1.165, 1.54) is 24.3 Å². The molecule has 5 aromatic rings. The summed E-state index contributed by atoms with van der Waals surface area (Å²) in [6.07, 6.45) is 0. The lowest BCUT2D eigenvalue weighted by Gasteiger charge is -2.06. The molecule has 1 heterocycles. The average molecular weight is 458 g/mol. The van der Waals surface area contributed by atoms with Crippen molar-refractivity contribution in [2.45, 2.75) is 0 Å². The van der Waals surface area contributed by atoms with Crippen LogP contribution in [0, 0.1) is 23.3 Å². The SMILES string of the molecule is Fc1cc(F)cc(-c2ccc(-c3nnc(-c4ccc(-c5cc(F)cc(F)c5)cc4)nn3)cc2)c1. The molecule has 0 aliphatic rings. The highest BCUT2D eigenvalue weighted by Gasteiger charge is 2.09. The molecule has 0 fully saturated rings. The number of aromatic nitrogens is 4. The summed E-state index contributed by atoms with van der Waals surface area (Å²) in [5.74, 6) is -2.03. The molecule has 0 aliphatic carbocycles. The average Bonchev–Trinajstić information content (AvgIpc) is 2.83. The first-order chi connectivity index (χ1) is 16.4. The van der Waals surface area contributed by atoms with Gasteiger partial charge in [0.2, 0.25) is 11.6 Å². The Kier molecular flexibility index (Phi) is 5.55. The van der Waals surface area contributed by atoms with Crippen LogP contribution in [0.3, 0.4) is 0 Å². The predicted octanol–water partition coefficient (Wildman–Crippen LogP) is 6.49. The first kappa shape index (κ1) is 21.4. The van der Waals surface area contributed by atoms with Crippen molar-refractivity contribution < 1.29 is 17.6 Å².